The minimum Gasteiger partial charge on any atom is -0.497 e. The minimum absolute atomic E-state index is 0.135. The number of para-hydroxylation sites is 1. The number of aryl methyl sites for hydroxylation is 1. The molecule has 0 radical (unpaired) electrons. The van der Waals surface area contributed by atoms with Crippen molar-refractivity contribution in [3.63, 3.8) is 0 Å². The number of hydrogen-bond acceptors (Lipinski definition) is 4. The van der Waals surface area contributed by atoms with Crippen LogP contribution in [0.2, 0.25) is 0 Å². The van der Waals surface area contributed by atoms with Crippen LogP contribution in [0, 0.1) is 6.92 Å². The molecule has 2 N–H and O–H groups in total. The van der Waals surface area contributed by atoms with Crippen molar-refractivity contribution in [1.82, 2.24) is 5.32 Å². The number of methoxy groups -OCH3 is 2. The number of ether oxygens (including phenoxy) is 2. The molecule has 2 aromatic carbocycles. The van der Waals surface area contributed by atoms with E-state index in [2.05, 4.69) is 24.5 Å². The lowest BCUT2D eigenvalue weighted by molar-refractivity contribution is -0.115. The van der Waals surface area contributed by atoms with Crippen LogP contribution in [0.3, 0.4) is 0 Å². The third kappa shape index (κ3) is 5.23. The predicted molar refractivity (Wildman–Crippen MR) is 106 cm³/mol. The summed E-state index contributed by atoms with van der Waals surface area (Å²) >= 11 is 0. The van der Waals surface area contributed by atoms with Gasteiger partial charge in [-0.25, -0.2) is 0 Å². The van der Waals surface area contributed by atoms with Crippen LogP contribution in [0.4, 0.5) is 5.69 Å². The third-order valence-corrected chi connectivity index (χ3v) is 4.21. The van der Waals surface area contributed by atoms with Crippen molar-refractivity contribution >= 4 is 17.5 Å². The van der Waals surface area contributed by atoms with Crippen molar-refractivity contribution in [1.29, 1.82) is 0 Å². The molecule has 0 aliphatic rings. The molecule has 0 fully saturated rings. The van der Waals surface area contributed by atoms with E-state index in [-0.39, 0.29) is 24.3 Å². The maximum absolute atomic E-state index is 12.4. The van der Waals surface area contributed by atoms with E-state index >= 15 is 0 Å². The molecule has 0 aliphatic heterocycles. The molecule has 0 atom stereocenters. The summed E-state index contributed by atoms with van der Waals surface area (Å²) in [7, 11) is 3.02. The van der Waals surface area contributed by atoms with Gasteiger partial charge in [0, 0.05) is 17.3 Å². The molecule has 27 heavy (non-hydrogen) atoms. The second-order valence-corrected chi connectivity index (χ2v) is 6.53. The van der Waals surface area contributed by atoms with Gasteiger partial charge in [0.1, 0.15) is 11.5 Å². The fraction of sp³-hybridized carbons (Fsp3) is 0.333. The quantitative estimate of drug-likeness (QED) is 0.782. The smallest absolute Gasteiger partial charge is 0.251 e. The SMILES string of the molecule is COc1cc(OC)cc(C(=O)NCC(=O)Nc2c(C)cccc2C(C)C)c1. The van der Waals surface area contributed by atoms with Crippen LogP contribution in [0.5, 0.6) is 11.5 Å². The van der Waals surface area contributed by atoms with Gasteiger partial charge in [-0.2, -0.15) is 0 Å². The molecular weight excluding hydrogens is 344 g/mol. The predicted octanol–water partition coefficient (Wildman–Crippen LogP) is 3.50. The molecule has 0 heterocycles. The monoisotopic (exact) mass is 370 g/mol. The highest BCUT2D eigenvalue weighted by molar-refractivity contribution is 6.00. The summed E-state index contributed by atoms with van der Waals surface area (Å²) in [6.45, 7) is 5.96. The van der Waals surface area contributed by atoms with Crippen molar-refractivity contribution < 1.29 is 19.1 Å². The minimum atomic E-state index is -0.379. The van der Waals surface area contributed by atoms with Gasteiger partial charge in [0.15, 0.2) is 0 Å². The van der Waals surface area contributed by atoms with Gasteiger partial charge in [-0.1, -0.05) is 32.0 Å². The Morgan fingerprint density at radius 2 is 1.67 bits per heavy atom. The Hall–Kier alpha value is -3.02. The summed E-state index contributed by atoms with van der Waals surface area (Å²) in [5, 5.41) is 5.54. The zero-order valence-electron chi connectivity index (χ0n) is 16.4. The molecule has 2 aromatic rings. The summed E-state index contributed by atoms with van der Waals surface area (Å²) in [6, 6.07) is 10.8. The Bertz CT molecular complexity index is 809. The molecule has 6 nitrogen and oxygen atoms in total. The fourth-order valence-corrected chi connectivity index (χ4v) is 2.73. The lowest BCUT2D eigenvalue weighted by Crippen LogP contribution is -2.33. The Labute approximate surface area is 159 Å². The van der Waals surface area contributed by atoms with E-state index in [1.807, 2.05) is 25.1 Å². The first kappa shape index (κ1) is 20.3. The number of carbonyl (C=O) groups excluding carboxylic acids is 2. The number of carbonyl (C=O) groups is 2. The maximum Gasteiger partial charge on any atom is 0.251 e. The van der Waals surface area contributed by atoms with Crippen molar-refractivity contribution in [3.8, 4) is 11.5 Å². The Balaban J connectivity index is 2.05. The van der Waals surface area contributed by atoms with E-state index in [0.717, 1.165) is 16.8 Å². The number of amides is 2. The van der Waals surface area contributed by atoms with Gasteiger partial charge in [-0.15, -0.1) is 0 Å². The van der Waals surface area contributed by atoms with Gasteiger partial charge in [0.2, 0.25) is 5.91 Å². The number of nitrogens with one attached hydrogen (secondary N) is 2. The highest BCUT2D eigenvalue weighted by Crippen LogP contribution is 2.27. The first-order valence-electron chi connectivity index (χ1n) is 8.76. The van der Waals surface area contributed by atoms with Crippen LogP contribution in [-0.2, 0) is 4.79 Å². The average Bonchev–Trinajstić information content (AvgIpc) is 2.66. The molecule has 6 heteroatoms. The van der Waals surface area contributed by atoms with Crippen molar-refractivity contribution in [2.45, 2.75) is 26.7 Å². The van der Waals surface area contributed by atoms with Gasteiger partial charge < -0.3 is 20.1 Å². The van der Waals surface area contributed by atoms with Crippen LogP contribution in [0.15, 0.2) is 36.4 Å². The summed E-state index contributed by atoms with van der Waals surface area (Å²) in [5.41, 5.74) is 3.21. The molecule has 144 valence electrons. The molecule has 0 spiro atoms. The Kier molecular flexibility index (Phi) is 6.82. The first-order chi connectivity index (χ1) is 12.8. The Morgan fingerprint density at radius 1 is 1.04 bits per heavy atom. The molecule has 0 aliphatic carbocycles. The molecule has 0 aromatic heterocycles. The normalized spacial score (nSPS) is 10.4. The summed E-state index contributed by atoms with van der Waals surface area (Å²) in [4.78, 5) is 24.7. The van der Waals surface area contributed by atoms with E-state index in [9.17, 15) is 9.59 Å². The number of rotatable bonds is 7. The van der Waals surface area contributed by atoms with Crippen molar-refractivity contribution in [2.75, 3.05) is 26.1 Å². The molecular formula is C21H26N2O4. The van der Waals surface area contributed by atoms with Gasteiger partial charge in [0.25, 0.3) is 5.91 Å². The first-order valence-corrected chi connectivity index (χ1v) is 8.76. The molecule has 0 bridgehead atoms. The van der Waals surface area contributed by atoms with Crippen LogP contribution < -0.4 is 20.1 Å². The van der Waals surface area contributed by atoms with E-state index in [0.29, 0.717) is 17.1 Å². The molecule has 0 unspecified atom stereocenters. The van der Waals surface area contributed by atoms with Crippen molar-refractivity contribution in [3.05, 3.63) is 53.1 Å². The van der Waals surface area contributed by atoms with Gasteiger partial charge in [-0.3, -0.25) is 9.59 Å². The van der Waals surface area contributed by atoms with Crippen LogP contribution in [-0.4, -0.2) is 32.6 Å². The third-order valence-electron chi connectivity index (χ3n) is 4.21. The summed E-state index contributed by atoms with van der Waals surface area (Å²) in [6.07, 6.45) is 0. The van der Waals surface area contributed by atoms with Gasteiger partial charge in [-0.05, 0) is 36.1 Å². The average molecular weight is 370 g/mol. The highest BCUT2D eigenvalue weighted by Gasteiger charge is 2.14. The van der Waals surface area contributed by atoms with Gasteiger partial charge >= 0.3 is 0 Å². The molecule has 0 saturated heterocycles. The molecule has 0 saturated carbocycles. The standard InChI is InChI=1S/C21H26N2O4/c1-13(2)18-8-6-7-14(3)20(18)23-19(24)12-22-21(25)15-9-16(26-4)11-17(10-15)27-5/h6-11,13H,12H2,1-5H3,(H,22,25)(H,23,24). The fourth-order valence-electron chi connectivity index (χ4n) is 2.73. The highest BCUT2D eigenvalue weighted by atomic mass is 16.5. The second-order valence-electron chi connectivity index (χ2n) is 6.53. The zero-order valence-corrected chi connectivity index (χ0v) is 16.4. The molecule has 2 rings (SSSR count). The van der Waals surface area contributed by atoms with Gasteiger partial charge in [0.05, 0.1) is 20.8 Å². The number of anilines is 1. The Morgan fingerprint density at radius 3 is 2.22 bits per heavy atom. The maximum atomic E-state index is 12.4. The van der Waals surface area contributed by atoms with Crippen molar-refractivity contribution in [2.24, 2.45) is 0 Å². The zero-order chi connectivity index (χ0) is 20.0. The largest absolute Gasteiger partial charge is 0.497 e. The topological polar surface area (TPSA) is 76.7 Å². The number of benzene rings is 2. The van der Waals surface area contributed by atoms with Crippen LogP contribution in [0.25, 0.3) is 0 Å². The lowest BCUT2D eigenvalue weighted by Gasteiger charge is -2.16. The van der Waals surface area contributed by atoms with E-state index in [1.54, 1.807) is 18.2 Å². The second kappa shape index (κ2) is 9.07. The molecule has 2 amide bonds. The summed E-state index contributed by atoms with van der Waals surface area (Å²) in [5.74, 6) is 0.626. The van der Waals surface area contributed by atoms with E-state index in [1.165, 1.54) is 14.2 Å². The van der Waals surface area contributed by atoms with E-state index in [4.69, 9.17) is 9.47 Å². The van der Waals surface area contributed by atoms with E-state index < -0.39 is 0 Å². The van der Waals surface area contributed by atoms with Crippen LogP contribution >= 0.6 is 0 Å². The van der Waals surface area contributed by atoms with Crippen LogP contribution in [0.1, 0.15) is 41.3 Å². The summed E-state index contributed by atoms with van der Waals surface area (Å²) < 4.78 is 10.3. The number of hydrogen-bond donors (Lipinski definition) is 2. The lowest BCUT2D eigenvalue weighted by atomic mass is 9.98.